The van der Waals surface area contributed by atoms with Gasteiger partial charge < -0.3 is 15.5 Å². The predicted octanol–water partition coefficient (Wildman–Crippen LogP) is 1.88. The van der Waals surface area contributed by atoms with Crippen LogP contribution in [0.4, 0.5) is 0 Å². The van der Waals surface area contributed by atoms with Crippen LogP contribution < -0.4 is 5.73 Å². The Balaban J connectivity index is 5.25. The number of hydrogen-bond acceptors (Lipinski definition) is 3. The maximum absolute atomic E-state index is 12.9. The Labute approximate surface area is 123 Å². The minimum atomic E-state index is -0.689. The number of carbonyl (C=O) groups excluding carboxylic acids is 1. The van der Waals surface area contributed by atoms with Crippen LogP contribution >= 0.6 is 12.2 Å². The van der Waals surface area contributed by atoms with Crippen LogP contribution in [0.5, 0.6) is 0 Å². The molecule has 2 N–H and O–H groups in total. The molecule has 0 bridgehead atoms. The molecule has 0 saturated carbocycles. The highest BCUT2D eigenvalue weighted by atomic mass is 32.1. The Morgan fingerprint density at radius 1 is 1.26 bits per heavy atom. The van der Waals surface area contributed by atoms with Crippen molar-refractivity contribution in [3.63, 3.8) is 0 Å². The first-order valence-electron chi connectivity index (χ1n) is 7.02. The first-order chi connectivity index (χ1) is 8.76. The quantitative estimate of drug-likeness (QED) is 0.693. The zero-order valence-corrected chi connectivity index (χ0v) is 14.0. The smallest absolute Gasteiger partial charge is 0.235 e. The Hall–Kier alpha value is -0.680. The third-order valence-corrected chi connectivity index (χ3v) is 4.24. The molecule has 112 valence electrons. The predicted molar refractivity (Wildman–Crippen MR) is 85.2 cm³/mol. The molecular formula is C14H29N3OS. The normalized spacial score (nSPS) is 13.4. The number of rotatable bonds is 8. The van der Waals surface area contributed by atoms with Gasteiger partial charge in [-0.05, 0) is 40.8 Å². The second-order valence-electron chi connectivity index (χ2n) is 5.36. The fourth-order valence-electron chi connectivity index (χ4n) is 2.56. The lowest BCUT2D eigenvalue weighted by molar-refractivity contribution is -0.140. The molecule has 0 fully saturated rings. The van der Waals surface area contributed by atoms with Crippen LogP contribution in [0.15, 0.2) is 0 Å². The van der Waals surface area contributed by atoms with Gasteiger partial charge in [0.1, 0.15) is 0 Å². The number of likely N-dealkylation sites (N-methyl/N-ethyl adjacent to an activating group) is 2. The SMILES string of the molecule is CCN(C(=O)C(CC)(CC)C(N)=S)C(C)CN(C)C. The van der Waals surface area contributed by atoms with E-state index in [1.165, 1.54) is 0 Å². The van der Waals surface area contributed by atoms with E-state index in [0.29, 0.717) is 24.4 Å². The lowest BCUT2D eigenvalue weighted by atomic mass is 9.80. The van der Waals surface area contributed by atoms with Gasteiger partial charge in [0, 0.05) is 19.1 Å². The molecule has 0 aromatic rings. The van der Waals surface area contributed by atoms with Gasteiger partial charge in [-0.3, -0.25) is 4.79 Å². The summed E-state index contributed by atoms with van der Waals surface area (Å²) < 4.78 is 0. The van der Waals surface area contributed by atoms with Crippen LogP contribution in [0.1, 0.15) is 40.5 Å². The van der Waals surface area contributed by atoms with Crippen LogP contribution in [0.25, 0.3) is 0 Å². The Morgan fingerprint density at radius 2 is 1.74 bits per heavy atom. The van der Waals surface area contributed by atoms with Crippen molar-refractivity contribution in [3.8, 4) is 0 Å². The van der Waals surface area contributed by atoms with Crippen LogP contribution in [-0.4, -0.2) is 53.9 Å². The van der Waals surface area contributed by atoms with Crippen molar-refractivity contribution in [3.05, 3.63) is 0 Å². The van der Waals surface area contributed by atoms with Gasteiger partial charge in [-0.15, -0.1) is 0 Å². The van der Waals surface area contributed by atoms with Gasteiger partial charge in [-0.25, -0.2) is 0 Å². The third kappa shape index (κ3) is 4.14. The zero-order chi connectivity index (χ0) is 15.2. The maximum Gasteiger partial charge on any atom is 0.235 e. The summed E-state index contributed by atoms with van der Waals surface area (Å²) in [5, 5.41) is 0. The molecule has 0 rings (SSSR count). The Morgan fingerprint density at radius 3 is 2.00 bits per heavy atom. The van der Waals surface area contributed by atoms with Crippen molar-refractivity contribution in [2.24, 2.45) is 11.1 Å². The summed E-state index contributed by atoms with van der Waals surface area (Å²) in [6.07, 6.45) is 1.31. The van der Waals surface area contributed by atoms with Gasteiger partial charge in [-0.2, -0.15) is 0 Å². The highest BCUT2D eigenvalue weighted by Crippen LogP contribution is 2.30. The summed E-state index contributed by atoms with van der Waals surface area (Å²) in [5.74, 6) is 0.0712. The topological polar surface area (TPSA) is 49.6 Å². The Bertz CT molecular complexity index is 314. The molecule has 0 heterocycles. The summed E-state index contributed by atoms with van der Waals surface area (Å²) in [7, 11) is 4.02. The van der Waals surface area contributed by atoms with Gasteiger partial charge in [-0.1, -0.05) is 26.1 Å². The molecule has 1 amide bonds. The number of nitrogens with two attached hydrogens (primary N) is 1. The van der Waals surface area contributed by atoms with Gasteiger partial charge in [0.15, 0.2) is 0 Å². The van der Waals surface area contributed by atoms with Crippen molar-refractivity contribution in [2.75, 3.05) is 27.2 Å². The molecule has 4 nitrogen and oxygen atoms in total. The lowest BCUT2D eigenvalue weighted by Crippen LogP contribution is -2.54. The van der Waals surface area contributed by atoms with E-state index in [-0.39, 0.29) is 11.9 Å². The van der Waals surface area contributed by atoms with Crippen molar-refractivity contribution in [2.45, 2.75) is 46.6 Å². The summed E-state index contributed by atoms with van der Waals surface area (Å²) in [6.45, 7) is 9.53. The van der Waals surface area contributed by atoms with E-state index in [1.807, 2.05) is 39.8 Å². The number of amides is 1. The van der Waals surface area contributed by atoms with E-state index in [4.69, 9.17) is 18.0 Å². The van der Waals surface area contributed by atoms with Crippen LogP contribution in [0.3, 0.4) is 0 Å². The lowest BCUT2D eigenvalue weighted by Gasteiger charge is -2.38. The van der Waals surface area contributed by atoms with Crippen molar-refractivity contribution >= 4 is 23.1 Å². The second-order valence-corrected chi connectivity index (χ2v) is 5.80. The largest absolute Gasteiger partial charge is 0.392 e. The zero-order valence-electron chi connectivity index (χ0n) is 13.2. The van der Waals surface area contributed by atoms with Crippen LogP contribution in [0.2, 0.25) is 0 Å². The van der Waals surface area contributed by atoms with Gasteiger partial charge in [0.2, 0.25) is 5.91 Å². The molecule has 1 unspecified atom stereocenters. The molecule has 0 aromatic heterocycles. The van der Waals surface area contributed by atoms with Crippen molar-refractivity contribution in [1.82, 2.24) is 9.80 Å². The van der Waals surface area contributed by atoms with E-state index in [1.54, 1.807) is 0 Å². The first-order valence-corrected chi connectivity index (χ1v) is 7.43. The average Bonchev–Trinajstić information content (AvgIpc) is 2.30. The standard InChI is InChI=1S/C14H29N3OS/c1-7-14(8-2,12(15)19)13(18)17(9-3)11(4)10-16(5)6/h11H,7-10H2,1-6H3,(H2,15,19). The van der Waals surface area contributed by atoms with Crippen LogP contribution in [-0.2, 0) is 4.79 Å². The summed E-state index contributed by atoms with van der Waals surface area (Å²) >= 11 is 5.17. The molecular weight excluding hydrogens is 258 g/mol. The van der Waals surface area contributed by atoms with E-state index >= 15 is 0 Å². The van der Waals surface area contributed by atoms with E-state index in [9.17, 15) is 4.79 Å². The molecule has 0 aromatic carbocycles. The molecule has 0 spiro atoms. The molecule has 0 aliphatic rings. The maximum atomic E-state index is 12.9. The fraction of sp³-hybridized carbons (Fsp3) is 0.857. The highest BCUT2D eigenvalue weighted by Gasteiger charge is 2.41. The number of thiocarbonyl (C=S) groups is 1. The molecule has 0 aliphatic carbocycles. The van der Waals surface area contributed by atoms with E-state index < -0.39 is 5.41 Å². The van der Waals surface area contributed by atoms with E-state index in [0.717, 1.165) is 6.54 Å². The number of carbonyl (C=O) groups is 1. The monoisotopic (exact) mass is 287 g/mol. The summed E-state index contributed by atoms with van der Waals surface area (Å²) in [6, 6.07) is 0.152. The average molecular weight is 287 g/mol. The number of hydrogen-bond donors (Lipinski definition) is 1. The number of nitrogens with zero attached hydrogens (tertiary/aromatic N) is 2. The minimum absolute atomic E-state index is 0.0712. The fourth-order valence-corrected chi connectivity index (χ4v) is 2.94. The molecule has 0 saturated heterocycles. The van der Waals surface area contributed by atoms with Gasteiger partial charge >= 0.3 is 0 Å². The van der Waals surface area contributed by atoms with E-state index in [2.05, 4.69) is 11.8 Å². The Kier molecular flexibility index (Phi) is 7.52. The van der Waals surface area contributed by atoms with Gasteiger partial charge in [0.25, 0.3) is 0 Å². The highest BCUT2D eigenvalue weighted by molar-refractivity contribution is 7.80. The molecule has 1 atom stereocenters. The van der Waals surface area contributed by atoms with Gasteiger partial charge in [0.05, 0.1) is 10.4 Å². The molecule has 0 aliphatic heterocycles. The summed E-state index contributed by atoms with van der Waals surface area (Å²) in [4.78, 5) is 17.2. The van der Waals surface area contributed by atoms with Crippen molar-refractivity contribution in [1.29, 1.82) is 0 Å². The molecule has 5 heteroatoms. The molecule has 0 radical (unpaired) electrons. The first kappa shape index (κ1) is 18.3. The second kappa shape index (κ2) is 7.80. The molecule has 19 heavy (non-hydrogen) atoms. The van der Waals surface area contributed by atoms with Crippen molar-refractivity contribution < 1.29 is 4.79 Å². The summed E-state index contributed by atoms with van der Waals surface area (Å²) in [5.41, 5.74) is 5.17. The minimum Gasteiger partial charge on any atom is -0.392 e. The van der Waals surface area contributed by atoms with Crippen LogP contribution in [0, 0.1) is 5.41 Å². The third-order valence-electron chi connectivity index (χ3n) is 3.85.